The zero-order chi connectivity index (χ0) is 23.1. The molecular weight excluding hydrogens is 454 g/mol. The number of imide groups is 1. The molecular formula is C21H19N3O6S2. The van der Waals surface area contributed by atoms with Crippen molar-refractivity contribution in [3.8, 4) is 0 Å². The molecule has 0 spiro atoms. The van der Waals surface area contributed by atoms with Crippen LogP contribution in [0.1, 0.15) is 27.6 Å². The fourth-order valence-electron chi connectivity index (χ4n) is 2.63. The average Bonchev–Trinajstić information content (AvgIpc) is 3.19. The molecule has 1 aliphatic rings. The van der Waals surface area contributed by atoms with Gasteiger partial charge in [0.25, 0.3) is 21.8 Å². The van der Waals surface area contributed by atoms with E-state index in [1.165, 1.54) is 41.9 Å². The highest BCUT2D eigenvalue weighted by molar-refractivity contribution is 7.89. The van der Waals surface area contributed by atoms with Crippen LogP contribution in [0.3, 0.4) is 0 Å². The highest BCUT2D eigenvalue weighted by Crippen LogP contribution is 2.19. The van der Waals surface area contributed by atoms with E-state index in [1.54, 1.807) is 48.1 Å². The highest BCUT2D eigenvalue weighted by Gasteiger charge is 2.25. The molecule has 2 heterocycles. The first-order valence-corrected chi connectivity index (χ1v) is 11.7. The van der Waals surface area contributed by atoms with Crippen LogP contribution in [-0.2, 0) is 14.9 Å². The summed E-state index contributed by atoms with van der Waals surface area (Å²) in [5.74, 6) is -1.41. The largest absolute Gasteiger partial charge is 0.441 e. The van der Waals surface area contributed by atoms with E-state index in [2.05, 4.69) is 0 Å². The number of benzene rings is 1. The number of allylic oxidation sites excluding steroid dienone is 4. The Balaban J connectivity index is 1.69. The van der Waals surface area contributed by atoms with E-state index in [0.717, 1.165) is 15.3 Å². The Bertz CT molecular complexity index is 1180. The van der Waals surface area contributed by atoms with Gasteiger partial charge in [-0.1, -0.05) is 18.2 Å². The van der Waals surface area contributed by atoms with Crippen LogP contribution in [0.5, 0.6) is 0 Å². The quantitative estimate of drug-likeness (QED) is 0.667. The minimum Gasteiger partial charge on any atom is -0.321 e. The van der Waals surface area contributed by atoms with Crippen LogP contribution in [0.4, 0.5) is 4.79 Å². The predicted molar refractivity (Wildman–Crippen MR) is 118 cm³/mol. The Hall–Kier alpha value is -3.70. The first kappa shape index (κ1) is 23.0. The van der Waals surface area contributed by atoms with Gasteiger partial charge in [-0.2, -0.15) is 16.8 Å². The zero-order valence-corrected chi connectivity index (χ0v) is 18.5. The molecule has 166 valence electrons. The van der Waals surface area contributed by atoms with Crippen molar-refractivity contribution in [2.45, 2.75) is 11.8 Å². The Morgan fingerprint density at radius 1 is 1.06 bits per heavy atom. The van der Waals surface area contributed by atoms with E-state index >= 15 is 0 Å². The minimum absolute atomic E-state index is 0.0306. The molecule has 0 saturated carbocycles. The zero-order valence-electron chi connectivity index (χ0n) is 16.9. The van der Waals surface area contributed by atoms with Gasteiger partial charge in [0.1, 0.15) is 0 Å². The first-order chi connectivity index (χ1) is 15.3. The van der Waals surface area contributed by atoms with Crippen molar-refractivity contribution in [3.63, 3.8) is 0 Å². The van der Waals surface area contributed by atoms with Crippen molar-refractivity contribution < 1.29 is 27.6 Å². The van der Waals surface area contributed by atoms with Crippen LogP contribution in [0.25, 0.3) is 0 Å². The molecule has 1 aromatic carbocycles. The molecule has 0 saturated heterocycles. The molecule has 0 bridgehead atoms. The van der Waals surface area contributed by atoms with Crippen molar-refractivity contribution in [1.82, 2.24) is 14.7 Å². The Kier molecular flexibility index (Phi) is 7.23. The van der Waals surface area contributed by atoms with Gasteiger partial charge in [-0.3, -0.25) is 9.59 Å². The second kappa shape index (κ2) is 10.1. The van der Waals surface area contributed by atoms with Gasteiger partial charge >= 0.3 is 6.09 Å². The number of nitrogens with zero attached hydrogens (tertiary/aromatic N) is 2. The molecule has 0 radical (unpaired) electrons. The van der Waals surface area contributed by atoms with Crippen LogP contribution < -0.4 is 5.48 Å². The summed E-state index contributed by atoms with van der Waals surface area (Å²) < 4.78 is 26.7. The summed E-state index contributed by atoms with van der Waals surface area (Å²) in [5, 5.41) is 3.29. The number of carbonyl (C=O) groups excluding carboxylic acids is 3. The predicted octanol–water partition coefficient (Wildman–Crippen LogP) is 3.28. The molecule has 1 N–H and O–H groups in total. The van der Waals surface area contributed by atoms with E-state index in [4.69, 9.17) is 4.84 Å². The lowest BCUT2D eigenvalue weighted by molar-refractivity contribution is 0.0389. The molecule has 3 amide bonds. The van der Waals surface area contributed by atoms with E-state index in [0.29, 0.717) is 5.56 Å². The van der Waals surface area contributed by atoms with Crippen LogP contribution in [0.15, 0.2) is 82.7 Å². The van der Waals surface area contributed by atoms with Crippen molar-refractivity contribution >= 4 is 39.3 Å². The molecule has 0 unspecified atom stereocenters. The number of sulfonamides is 1. The standard InChI is InChI=1S/C21H19N3O6S2/c1-2-24(20(26)17-10-13-31-15-17)21(27)30-22-19(25)16-8-7-9-18(14-16)32(28,29)23-11-5-3-4-6-12-23/h3-15H,2H2,1H3,(H,22,25). The van der Waals surface area contributed by atoms with Crippen LogP contribution in [-0.4, -0.2) is 42.1 Å². The van der Waals surface area contributed by atoms with E-state index in [-0.39, 0.29) is 17.0 Å². The number of hydrogen-bond donors (Lipinski definition) is 1. The Morgan fingerprint density at radius 2 is 1.78 bits per heavy atom. The topological polar surface area (TPSA) is 113 Å². The summed E-state index contributed by atoms with van der Waals surface area (Å²) in [7, 11) is -3.95. The van der Waals surface area contributed by atoms with Crippen LogP contribution in [0, 0.1) is 0 Å². The lowest BCUT2D eigenvalue weighted by atomic mass is 10.2. The summed E-state index contributed by atoms with van der Waals surface area (Å²) in [5.41, 5.74) is 2.23. The smallest absolute Gasteiger partial charge is 0.321 e. The summed E-state index contributed by atoms with van der Waals surface area (Å²) in [6.45, 7) is 1.62. The van der Waals surface area contributed by atoms with Crippen LogP contribution in [0.2, 0.25) is 0 Å². The van der Waals surface area contributed by atoms with E-state index in [9.17, 15) is 22.8 Å². The maximum atomic E-state index is 12.8. The van der Waals surface area contributed by atoms with Crippen molar-refractivity contribution in [1.29, 1.82) is 0 Å². The third kappa shape index (κ3) is 5.13. The van der Waals surface area contributed by atoms with Gasteiger partial charge in [-0.05, 0) is 48.7 Å². The van der Waals surface area contributed by atoms with E-state index < -0.39 is 27.9 Å². The van der Waals surface area contributed by atoms with Gasteiger partial charge in [0.2, 0.25) is 0 Å². The van der Waals surface area contributed by atoms with Crippen molar-refractivity contribution in [3.05, 3.63) is 88.9 Å². The normalized spacial score (nSPS) is 12.8. The minimum atomic E-state index is -3.95. The van der Waals surface area contributed by atoms with Gasteiger partial charge in [0, 0.05) is 29.9 Å². The first-order valence-electron chi connectivity index (χ1n) is 9.35. The summed E-state index contributed by atoms with van der Waals surface area (Å²) in [6.07, 6.45) is 8.14. The third-order valence-electron chi connectivity index (χ3n) is 4.25. The average molecular weight is 474 g/mol. The second-order valence-electron chi connectivity index (χ2n) is 6.29. The number of nitrogens with one attached hydrogen (secondary N) is 1. The molecule has 0 aliphatic carbocycles. The molecule has 1 aliphatic heterocycles. The molecule has 9 nitrogen and oxygen atoms in total. The van der Waals surface area contributed by atoms with Crippen LogP contribution >= 0.6 is 11.3 Å². The third-order valence-corrected chi connectivity index (χ3v) is 6.58. The number of rotatable bonds is 5. The Labute approximate surface area is 188 Å². The maximum absolute atomic E-state index is 12.8. The monoisotopic (exact) mass is 473 g/mol. The lowest BCUT2D eigenvalue weighted by Gasteiger charge is -2.18. The van der Waals surface area contributed by atoms with Crippen molar-refractivity contribution in [2.75, 3.05) is 6.54 Å². The maximum Gasteiger partial charge on any atom is 0.441 e. The van der Waals surface area contributed by atoms with Gasteiger partial charge in [-0.15, -0.1) is 0 Å². The number of thiophene rings is 1. The SMILES string of the molecule is CCN(C(=O)ONC(=O)c1cccc(S(=O)(=O)N2C=CC=CC=C2)c1)C(=O)c1ccsc1. The number of carbonyl (C=O) groups is 3. The lowest BCUT2D eigenvalue weighted by Crippen LogP contribution is -2.41. The summed E-state index contributed by atoms with van der Waals surface area (Å²) in [6, 6.07) is 6.83. The van der Waals surface area contributed by atoms with Crippen molar-refractivity contribution in [2.24, 2.45) is 0 Å². The highest BCUT2D eigenvalue weighted by atomic mass is 32.2. The molecule has 1 aromatic heterocycles. The molecule has 11 heteroatoms. The van der Waals surface area contributed by atoms with E-state index in [1.807, 2.05) is 5.48 Å². The Morgan fingerprint density at radius 3 is 2.41 bits per heavy atom. The van der Waals surface area contributed by atoms with Gasteiger partial charge in [0.05, 0.1) is 10.5 Å². The number of hydroxylamine groups is 1. The van der Waals surface area contributed by atoms with Gasteiger partial charge in [0.15, 0.2) is 0 Å². The number of amides is 3. The summed E-state index contributed by atoms with van der Waals surface area (Å²) >= 11 is 1.30. The van der Waals surface area contributed by atoms with Gasteiger partial charge < -0.3 is 4.84 Å². The van der Waals surface area contributed by atoms with Gasteiger partial charge in [-0.25, -0.2) is 22.4 Å². The second-order valence-corrected chi connectivity index (χ2v) is 8.91. The fraction of sp³-hybridized carbons (Fsp3) is 0.0952. The molecule has 0 atom stereocenters. The fourth-order valence-corrected chi connectivity index (χ4v) is 4.49. The molecule has 0 fully saturated rings. The number of hydrogen-bond acceptors (Lipinski definition) is 7. The molecule has 3 rings (SSSR count). The molecule has 32 heavy (non-hydrogen) atoms. The molecule has 2 aromatic rings. The summed E-state index contributed by atoms with van der Waals surface area (Å²) in [4.78, 5) is 42.5.